The molecule has 1 aliphatic heterocycles. The van der Waals surface area contributed by atoms with Gasteiger partial charge in [-0.1, -0.05) is 6.07 Å². The quantitative estimate of drug-likeness (QED) is 0.664. The van der Waals surface area contributed by atoms with Crippen LogP contribution in [0.25, 0.3) is 0 Å². The van der Waals surface area contributed by atoms with Crippen molar-refractivity contribution in [3.05, 3.63) is 23.8 Å². The molecule has 6 heteroatoms. The van der Waals surface area contributed by atoms with Crippen LogP contribution in [-0.2, 0) is 9.53 Å². The van der Waals surface area contributed by atoms with Gasteiger partial charge in [-0.15, -0.1) is 0 Å². The number of amides is 1. The van der Waals surface area contributed by atoms with Crippen LogP contribution in [0.5, 0.6) is 11.5 Å². The molecule has 5 aliphatic rings. The molecule has 0 unspecified atom stereocenters. The maximum atomic E-state index is 13.6. The van der Waals surface area contributed by atoms with Crippen LogP contribution in [0.3, 0.4) is 0 Å². The highest BCUT2D eigenvalue weighted by Gasteiger charge is 2.54. The number of carbonyl (C=O) groups excluding carboxylic acids is 1. The first kappa shape index (κ1) is 22.0. The summed E-state index contributed by atoms with van der Waals surface area (Å²) in [5.41, 5.74) is 1.04. The molecule has 1 atom stereocenters. The molecule has 6 rings (SSSR count). The monoisotopic (exact) mass is 442 g/mol. The van der Waals surface area contributed by atoms with Crippen LogP contribution in [0.4, 0.5) is 0 Å². The minimum atomic E-state index is -0.110. The lowest BCUT2D eigenvalue weighted by Gasteiger charge is -2.55. The van der Waals surface area contributed by atoms with E-state index in [4.69, 9.17) is 14.2 Å². The molecular weight excluding hydrogens is 404 g/mol. The zero-order valence-electron chi connectivity index (χ0n) is 19.6. The minimum absolute atomic E-state index is 0.0985. The lowest BCUT2D eigenvalue weighted by Crippen LogP contribution is -2.54. The molecule has 4 aliphatic carbocycles. The summed E-state index contributed by atoms with van der Waals surface area (Å²) in [6, 6.07) is 6.28. The fraction of sp³-hybridized carbons (Fsp3) is 0.731. The minimum Gasteiger partial charge on any atom is -0.493 e. The van der Waals surface area contributed by atoms with Crippen LogP contribution in [0.15, 0.2) is 18.2 Å². The van der Waals surface area contributed by atoms with Gasteiger partial charge in [-0.2, -0.15) is 0 Å². The van der Waals surface area contributed by atoms with Crippen molar-refractivity contribution in [2.24, 2.45) is 23.2 Å². The molecule has 0 aromatic heterocycles. The maximum absolute atomic E-state index is 13.6. The summed E-state index contributed by atoms with van der Waals surface area (Å²) >= 11 is 0. The van der Waals surface area contributed by atoms with E-state index in [2.05, 4.69) is 22.3 Å². The van der Waals surface area contributed by atoms with Crippen molar-refractivity contribution in [2.45, 2.75) is 51.5 Å². The summed E-state index contributed by atoms with van der Waals surface area (Å²) in [4.78, 5) is 16.0. The molecule has 0 spiro atoms. The Bertz CT molecular complexity index is 785. The van der Waals surface area contributed by atoms with E-state index in [0.717, 1.165) is 80.4 Å². The van der Waals surface area contributed by atoms with Crippen molar-refractivity contribution in [1.29, 1.82) is 0 Å². The first-order chi connectivity index (χ1) is 15.6. The number of methoxy groups -OCH3 is 1. The molecule has 1 heterocycles. The smallest absolute Gasteiger partial charge is 0.226 e. The van der Waals surface area contributed by atoms with Crippen LogP contribution >= 0.6 is 0 Å². The number of hydrogen-bond donors (Lipinski definition) is 1. The summed E-state index contributed by atoms with van der Waals surface area (Å²) in [6.45, 7) is 6.40. The van der Waals surface area contributed by atoms with Crippen LogP contribution < -0.4 is 14.8 Å². The third-order valence-electron chi connectivity index (χ3n) is 8.33. The van der Waals surface area contributed by atoms with Crippen molar-refractivity contribution < 1.29 is 19.0 Å². The zero-order valence-corrected chi connectivity index (χ0v) is 19.6. The number of nitrogens with zero attached hydrogens (tertiary/aromatic N) is 1. The van der Waals surface area contributed by atoms with E-state index in [1.165, 1.54) is 19.3 Å². The second-order valence-corrected chi connectivity index (χ2v) is 10.4. The second kappa shape index (κ2) is 9.22. The number of nitrogens with one attached hydrogen (secondary N) is 1. The Morgan fingerprint density at radius 3 is 2.38 bits per heavy atom. The predicted molar refractivity (Wildman–Crippen MR) is 123 cm³/mol. The van der Waals surface area contributed by atoms with Crippen molar-refractivity contribution in [3.8, 4) is 11.5 Å². The van der Waals surface area contributed by atoms with Crippen molar-refractivity contribution in [3.63, 3.8) is 0 Å². The molecular formula is C26H38N2O4. The number of benzene rings is 1. The van der Waals surface area contributed by atoms with Gasteiger partial charge in [-0.25, -0.2) is 0 Å². The van der Waals surface area contributed by atoms with Gasteiger partial charge in [0.25, 0.3) is 0 Å². The Morgan fingerprint density at radius 2 is 1.78 bits per heavy atom. The maximum Gasteiger partial charge on any atom is 0.226 e. The van der Waals surface area contributed by atoms with E-state index in [-0.39, 0.29) is 11.5 Å². The Labute approximate surface area is 192 Å². The first-order valence-corrected chi connectivity index (χ1v) is 12.5. The molecule has 1 amide bonds. The average molecular weight is 443 g/mol. The van der Waals surface area contributed by atoms with Gasteiger partial charge in [0.1, 0.15) is 0 Å². The lowest BCUT2D eigenvalue weighted by molar-refractivity contribution is -0.146. The third kappa shape index (κ3) is 4.24. The highest BCUT2D eigenvalue weighted by Crippen LogP contribution is 2.60. The number of rotatable bonds is 8. The molecule has 176 valence electrons. The molecule has 4 saturated carbocycles. The van der Waals surface area contributed by atoms with Crippen molar-refractivity contribution >= 4 is 5.91 Å². The van der Waals surface area contributed by atoms with Crippen LogP contribution in [0, 0.1) is 23.2 Å². The molecule has 6 nitrogen and oxygen atoms in total. The summed E-state index contributed by atoms with van der Waals surface area (Å²) in [6.07, 6.45) is 7.37. The van der Waals surface area contributed by atoms with Gasteiger partial charge in [-0.05, 0) is 80.9 Å². The summed E-state index contributed by atoms with van der Waals surface area (Å²) in [7, 11) is 1.68. The molecule has 1 N–H and O–H groups in total. The van der Waals surface area contributed by atoms with Crippen LogP contribution in [0.2, 0.25) is 0 Å². The Balaban J connectivity index is 1.33. The molecule has 1 aromatic rings. The Morgan fingerprint density at radius 1 is 1.12 bits per heavy atom. The van der Waals surface area contributed by atoms with Gasteiger partial charge in [0.2, 0.25) is 5.91 Å². The SMILES string of the molecule is CCOc1ccc([C@@H](CNC(=O)C23CC4CC(CC(C4)C2)C3)N2CCOCC2)cc1OC. The molecule has 0 radical (unpaired) electrons. The largest absolute Gasteiger partial charge is 0.493 e. The van der Waals surface area contributed by atoms with E-state index in [9.17, 15) is 4.79 Å². The summed E-state index contributed by atoms with van der Waals surface area (Å²) in [5.74, 6) is 4.13. The first-order valence-electron chi connectivity index (χ1n) is 12.5. The molecule has 1 aromatic carbocycles. The Kier molecular flexibility index (Phi) is 6.35. The molecule has 5 fully saturated rings. The van der Waals surface area contributed by atoms with Gasteiger partial charge in [0.15, 0.2) is 11.5 Å². The predicted octanol–water partition coefficient (Wildman–Crippen LogP) is 3.80. The van der Waals surface area contributed by atoms with E-state index < -0.39 is 0 Å². The van der Waals surface area contributed by atoms with Crippen molar-refractivity contribution in [2.75, 3.05) is 46.6 Å². The normalized spacial score (nSPS) is 32.5. The summed E-state index contributed by atoms with van der Waals surface area (Å²) < 4.78 is 16.9. The van der Waals surface area contributed by atoms with E-state index in [0.29, 0.717) is 19.1 Å². The van der Waals surface area contributed by atoms with E-state index >= 15 is 0 Å². The molecule has 4 bridgehead atoms. The van der Waals surface area contributed by atoms with Crippen LogP contribution in [-0.4, -0.2) is 57.4 Å². The average Bonchev–Trinajstić information content (AvgIpc) is 2.80. The van der Waals surface area contributed by atoms with E-state index in [1.54, 1.807) is 7.11 Å². The fourth-order valence-corrected chi connectivity index (χ4v) is 7.28. The number of hydrogen-bond acceptors (Lipinski definition) is 5. The molecule has 32 heavy (non-hydrogen) atoms. The van der Waals surface area contributed by atoms with E-state index in [1.807, 2.05) is 13.0 Å². The standard InChI is InChI=1S/C26H38N2O4/c1-3-32-23-5-4-21(13-24(23)30-2)22(28-6-8-31-9-7-28)17-27-25(29)26-14-18-10-19(15-26)12-20(11-18)16-26/h4-5,13,18-20,22H,3,6-12,14-17H2,1-2H3,(H,27,29)/t18?,19?,20?,22-,26?/m1/s1. The summed E-state index contributed by atoms with van der Waals surface area (Å²) in [5, 5.41) is 3.42. The van der Waals surface area contributed by atoms with Crippen LogP contribution in [0.1, 0.15) is 57.1 Å². The van der Waals surface area contributed by atoms with Gasteiger partial charge in [0, 0.05) is 25.0 Å². The van der Waals surface area contributed by atoms with Gasteiger partial charge in [0.05, 0.1) is 33.0 Å². The van der Waals surface area contributed by atoms with Crippen molar-refractivity contribution in [1.82, 2.24) is 10.2 Å². The topological polar surface area (TPSA) is 60.0 Å². The van der Waals surface area contributed by atoms with Gasteiger partial charge < -0.3 is 19.5 Å². The number of ether oxygens (including phenoxy) is 3. The fourth-order valence-electron chi connectivity index (χ4n) is 7.28. The zero-order chi connectivity index (χ0) is 22.1. The highest BCUT2D eigenvalue weighted by molar-refractivity contribution is 5.83. The van der Waals surface area contributed by atoms with Gasteiger partial charge in [-0.3, -0.25) is 9.69 Å². The Hall–Kier alpha value is -1.79. The second-order valence-electron chi connectivity index (χ2n) is 10.4. The van der Waals surface area contributed by atoms with Gasteiger partial charge >= 0.3 is 0 Å². The molecule has 1 saturated heterocycles. The third-order valence-corrected chi connectivity index (χ3v) is 8.33. The number of carbonyl (C=O) groups is 1. The number of morpholine rings is 1. The lowest BCUT2D eigenvalue weighted by atomic mass is 9.49. The highest BCUT2D eigenvalue weighted by atomic mass is 16.5.